The lowest BCUT2D eigenvalue weighted by Gasteiger charge is -2.07. The van der Waals surface area contributed by atoms with Crippen molar-refractivity contribution >= 4 is 39.0 Å². The van der Waals surface area contributed by atoms with Gasteiger partial charge in [0.1, 0.15) is 0 Å². The van der Waals surface area contributed by atoms with E-state index in [1.54, 1.807) is 0 Å². The largest absolute Gasteiger partial charge is 0.351 e. The molecule has 0 aromatic heterocycles. The van der Waals surface area contributed by atoms with Crippen molar-refractivity contribution in [3.05, 3.63) is 24.3 Å². The number of hydrogen-bond donors (Lipinski definition) is 3. The molecule has 0 saturated carbocycles. The third-order valence-electron chi connectivity index (χ3n) is 1.77. The molecule has 0 spiro atoms. The molecule has 8 heteroatoms. The highest BCUT2D eigenvalue weighted by atomic mass is 35.5. The van der Waals surface area contributed by atoms with E-state index in [2.05, 4.69) is 10.0 Å². The van der Waals surface area contributed by atoms with Crippen molar-refractivity contribution in [3.8, 4) is 0 Å². The fourth-order valence-corrected chi connectivity index (χ4v) is 2.51. The SMILES string of the molecule is NC(=O)Nc1ccc(NS(=O)(=O)CCCl)cc1. The number of carbonyl (C=O) groups excluding carboxylic acids is 1. The standard InChI is InChI=1S/C9H12ClN3O3S/c10-5-6-17(15,16)13-8-3-1-7(2-4-8)12-9(11)14/h1-4,13H,5-6H2,(H3,11,12,14). The number of carbonyl (C=O) groups is 1. The van der Waals surface area contributed by atoms with E-state index in [4.69, 9.17) is 17.3 Å². The first-order valence-electron chi connectivity index (χ1n) is 4.66. The number of nitrogens with one attached hydrogen (secondary N) is 2. The molecule has 0 aliphatic carbocycles. The lowest BCUT2D eigenvalue weighted by molar-refractivity contribution is 0.259. The van der Waals surface area contributed by atoms with Gasteiger partial charge in [0.2, 0.25) is 10.0 Å². The zero-order chi connectivity index (χ0) is 12.9. The van der Waals surface area contributed by atoms with E-state index in [0.717, 1.165) is 0 Å². The number of primary amides is 1. The van der Waals surface area contributed by atoms with Gasteiger partial charge in [0.15, 0.2) is 0 Å². The third kappa shape index (κ3) is 4.92. The molecule has 17 heavy (non-hydrogen) atoms. The first kappa shape index (κ1) is 13.6. The maximum Gasteiger partial charge on any atom is 0.316 e. The van der Waals surface area contributed by atoms with Crippen molar-refractivity contribution in [1.82, 2.24) is 0 Å². The van der Waals surface area contributed by atoms with Crippen LogP contribution >= 0.6 is 11.6 Å². The topological polar surface area (TPSA) is 101 Å². The summed E-state index contributed by atoms with van der Waals surface area (Å²) in [5.41, 5.74) is 5.81. The first-order valence-corrected chi connectivity index (χ1v) is 6.84. The third-order valence-corrected chi connectivity index (χ3v) is 3.47. The molecule has 1 aromatic carbocycles. The second-order valence-electron chi connectivity index (χ2n) is 3.18. The molecule has 6 nitrogen and oxygen atoms in total. The van der Waals surface area contributed by atoms with Crippen LogP contribution in [0.4, 0.5) is 16.2 Å². The number of benzene rings is 1. The molecular formula is C9H12ClN3O3S. The number of amides is 2. The molecule has 4 N–H and O–H groups in total. The molecule has 1 aromatic rings. The summed E-state index contributed by atoms with van der Waals surface area (Å²) >= 11 is 5.35. The van der Waals surface area contributed by atoms with E-state index in [1.807, 2.05) is 0 Å². The summed E-state index contributed by atoms with van der Waals surface area (Å²) in [7, 11) is -3.41. The highest BCUT2D eigenvalue weighted by Gasteiger charge is 2.08. The van der Waals surface area contributed by atoms with Crippen LogP contribution in [0.3, 0.4) is 0 Å². The average molecular weight is 278 g/mol. The van der Waals surface area contributed by atoms with Gasteiger partial charge >= 0.3 is 6.03 Å². The Bertz CT molecular complexity index is 487. The van der Waals surface area contributed by atoms with Gasteiger partial charge < -0.3 is 11.1 Å². The van der Waals surface area contributed by atoms with Crippen LogP contribution in [0.2, 0.25) is 0 Å². The van der Waals surface area contributed by atoms with Gasteiger partial charge in [-0.25, -0.2) is 13.2 Å². The zero-order valence-corrected chi connectivity index (χ0v) is 10.4. The Morgan fingerprint density at radius 3 is 2.24 bits per heavy atom. The number of sulfonamides is 1. The van der Waals surface area contributed by atoms with Crippen molar-refractivity contribution in [2.45, 2.75) is 0 Å². The summed E-state index contributed by atoms with van der Waals surface area (Å²) < 4.78 is 25.1. The Labute approximate surface area is 104 Å². The fourth-order valence-electron chi connectivity index (χ4n) is 1.10. The summed E-state index contributed by atoms with van der Waals surface area (Å²) in [6, 6.07) is 5.40. The van der Waals surface area contributed by atoms with E-state index < -0.39 is 16.1 Å². The Hall–Kier alpha value is -1.47. The second kappa shape index (κ2) is 5.74. The van der Waals surface area contributed by atoms with Crippen LogP contribution < -0.4 is 15.8 Å². The zero-order valence-electron chi connectivity index (χ0n) is 8.81. The van der Waals surface area contributed by atoms with E-state index in [-0.39, 0.29) is 11.6 Å². The Morgan fingerprint density at radius 1 is 1.24 bits per heavy atom. The van der Waals surface area contributed by atoms with Crippen LogP contribution in [0, 0.1) is 0 Å². The lowest BCUT2D eigenvalue weighted by atomic mass is 10.3. The fraction of sp³-hybridized carbons (Fsp3) is 0.222. The maximum absolute atomic E-state index is 11.4. The Morgan fingerprint density at radius 2 is 1.76 bits per heavy atom. The summed E-state index contributed by atoms with van der Waals surface area (Å²) in [6.07, 6.45) is 0. The number of rotatable bonds is 5. The van der Waals surface area contributed by atoms with E-state index in [1.165, 1.54) is 24.3 Å². The van der Waals surface area contributed by atoms with Gasteiger partial charge in [-0.15, -0.1) is 11.6 Å². The Balaban J connectivity index is 2.72. The minimum atomic E-state index is -3.41. The highest BCUT2D eigenvalue weighted by Crippen LogP contribution is 2.14. The van der Waals surface area contributed by atoms with Crippen LogP contribution in [0.1, 0.15) is 0 Å². The number of nitrogens with two attached hydrogens (primary N) is 1. The monoisotopic (exact) mass is 277 g/mol. The molecule has 0 saturated heterocycles. The number of alkyl halides is 1. The van der Waals surface area contributed by atoms with Gasteiger partial charge in [0.05, 0.1) is 5.75 Å². The predicted octanol–water partition coefficient (Wildman–Crippen LogP) is 1.16. The van der Waals surface area contributed by atoms with Gasteiger partial charge in [-0.2, -0.15) is 0 Å². The van der Waals surface area contributed by atoms with Crippen molar-refractivity contribution in [1.29, 1.82) is 0 Å². The molecule has 0 unspecified atom stereocenters. The predicted molar refractivity (Wildman–Crippen MR) is 67.8 cm³/mol. The number of anilines is 2. The second-order valence-corrected chi connectivity index (χ2v) is 5.40. The summed E-state index contributed by atoms with van der Waals surface area (Å²) in [4.78, 5) is 10.6. The van der Waals surface area contributed by atoms with E-state index in [9.17, 15) is 13.2 Å². The van der Waals surface area contributed by atoms with E-state index in [0.29, 0.717) is 11.4 Å². The van der Waals surface area contributed by atoms with Gasteiger partial charge in [0, 0.05) is 17.3 Å². The molecule has 0 atom stereocenters. The number of hydrogen-bond acceptors (Lipinski definition) is 3. The average Bonchev–Trinajstić information content (AvgIpc) is 2.19. The van der Waals surface area contributed by atoms with Crippen molar-refractivity contribution in [2.75, 3.05) is 21.7 Å². The van der Waals surface area contributed by atoms with Crippen LogP contribution in [-0.2, 0) is 10.0 Å². The minimum Gasteiger partial charge on any atom is -0.351 e. The maximum atomic E-state index is 11.4. The summed E-state index contributed by atoms with van der Waals surface area (Å²) in [6.45, 7) is 0. The van der Waals surface area contributed by atoms with Crippen molar-refractivity contribution in [2.24, 2.45) is 5.73 Å². The van der Waals surface area contributed by atoms with Crippen LogP contribution in [0.5, 0.6) is 0 Å². The summed E-state index contributed by atoms with van der Waals surface area (Å²) in [5, 5.41) is 2.36. The quantitative estimate of drug-likeness (QED) is 0.704. The molecule has 0 radical (unpaired) electrons. The summed E-state index contributed by atoms with van der Waals surface area (Å²) in [5.74, 6) is -0.132. The Kier molecular flexibility index (Phi) is 4.59. The van der Waals surface area contributed by atoms with Gasteiger partial charge in [-0.1, -0.05) is 0 Å². The smallest absolute Gasteiger partial charge is 0.316 e. The van der Waals surface area contributed by atoms with Crippen molar-refractivity contribution < 1.29 is 13.2 Å². The minimum absolute atomic E-state index is 0.0245. The molecule has 0 aliphatic rings. The molecule has 0 bridgehead atoms. The molecule has 94 valence electrons. The van der Waals surface area contributed by atoms with E-state index >= 15 is 0 Å². The molecule has 0 fully saturated rings. The van der Waals surface area contributed by atoms with Crippen LogP contribution in [-0.4, -0.2) is 26.1 Å². The van der Waals surface area contributed by atoms with Gasteiger partial charge in [-0.3, -0.25) is 4.72 Å². The van der Waals surface area contributed by atoms with Gasteiger partial charge in [0.25, 0.3) is 0 Å². The first-order chi connectivity index (χ1) is 7.93. The van der Waals surface area contributed by atoms with Crippen molar-refractivity contribution in [3.63, 3.8) is 0 Å². The molecule has 2 amide bonds. The number of urea groups is 1. The molecule has 1 rings (SSSR count). The highest BCUT2D eigenvalue weighted by molar-refractivity contribution is 7.92. The van der Waals surface area contributed by atoms with Crippen LogP contribution in [0.25, 0.3) is 0 Å². The number of halogens is 1. The molecule has 0 aliphatic heterocycles. The van der Waals surface area contributed by atoms with Crippen LogP contribution in [0.15, 0.2) is 24.3 Å². The molecule has 0 heterocycles. The molecular weight excluding hydrogens is 266 g/mol. The normalized spacial score (nSPS) is 10.9. The van der Waals surface area contributed by atoms with Gasteiger partial charge in [-0.05, 0) is 24.3 Å². The lowest BCUT2D eigenvalue weighted by Crippen LogP contribution is -2.19.